The number of carbonyl (C=O) groups is 2. The normalized spacial score (nSPS) is 17.8. The van der Waals surface area contributed by atoms with Crippen molar-refractivity contribution in [2.24, 2.45) is 5.92 Å². The lowest BCUT2D eigenvalue weighted by molar-refractivity contribution is -0.129. The molecule has 1 aliphatic heterocycles. The molecule has 3 rings (SSSR count). The first kappa shape index (κ1) is 18.2. The Kier molecular flexibility index (Phi) is 4.90. The molecule has 1 unspecified atom stereocenters. The van der Waals surface area contributed by atoms with Gasteiger partial charge in [-0.25, -0.2) is 0 Å². The van der Waals surface area contributed by atoms with Gasteiger partial charge in [0.2, 0.25) is 0 Å². The first-order valence-electron chi connectivity index (χ1n) is 9.24. The molecule has 0 aliphatic carbocycles. The number of rotatable bonds is 6. The number of para-hydroxylation sites is 1. The highest BCUT2D eigenvalue weighted by atomic mass is 16.3. The smallest absolute Gasteiger partial charge is 0.290 e. The zero-order valence-electron chi connectivity index (χ0n) is 15.8. The van der Waals surface area contributed by atoms with Gasteiger partial charge in [-0.05, 0) is 19.4 Å². The van der Waals surface area contributed by atoms with E-state index in [4.69, 9.17) is 0 Å². The van der Waals surface area contributed by atoms with E-state index in [1.165, 1.54) is 0 Å². The summed E-state index contributed by atoms with van der Waals surface area (Å²) in [6.45, 7) is 8.10. The standard InChI is InChI=1S/C21H26N2O3/c1-5-6-11-23-18(17(19(24)12(2)3)20(25)21(23)26)16-13(4)22-15-10-8-7-9-14(15)16/h7-10,12,18,22,25H,5-6,11H2,1-4H3. The maximum Gasteiger partial charge on any atom is 0.290 e. The van der Waals surface area contributed by atoms with E-state index in [-0.39, 0.29) is 17.3 Å². The molecule has 5 heteroatoms. The van der Waals surface area contributed by atoms with Gasteiger partial charge in [-0.1, -0.05) is 45.4 Å². The Labute approximate surface area is 153 Å². The second-order valence-electron chi connectivity index (χ2n) is 7.25. The topological polar surface area (TPSA) is 73.4 Å². The number of hydrogen-bond acceptors (Lipinski definition) is 3. The lowest BCUT2D eigenvalue weighted by Crippen LogP contribution is -2.32. The number of carbonyl (C=O) groups excluding carboxylic acids is 2. The molecule has 5 nitrogen and oxygen atoms in total. The van der Waals surface area contributed by atoms with Crippen molar-refractivity contribution >= 4 is 22.6 Å². The molecule has 2 heterocycles. The number of benzene rings is 1. The third kappa shape index (κ3) is 2.81. The van der Waals surface area contributed by atoms with Gasteiger partial charge in [-0.3, -0.25) is 9.59 Å². The van der Waals surface area contributed by atoms with Gasteiger partial charge in [0, 0.05) is 34.6 Å². The molecular weight excluding hydrogens is 328 g/mol. The summed E-state index contributed by atoms with van der Waals surface area (Å²) >= 11 is 0. The van der Waals surface area contributed by atoms with Gasteiger partial charge < -0.3 is 15.0 Å². The number of aliphatic hydroxyl groups excluding tert-OH is 1. The third-order valence-electron chi connectivity index (χ3n) is 5.06. The number of amides is 1. The number of ketones is 1. The fraction of sp³-hybridized carbons (Fsp3) is 0.429. The first-order chi connectivity index (χ1) is 12.4. The van der Waals surface area contributed by atoms with Crippen LogP contribution in [0.4, 0.5) is 0 Å². The van der Waals surface area contributed by atoms with Gasteiger partial charge in [-0.2, -0.15) is 0 Å². The Morgan fingerprint density at radius 3 is 2.65 bits per heavy atom. The molecule has 1 atom stereocenters. The van der Waals surface area contributed by atoms with Crippen molar-refractivity contribution in [3.63, 3.8) is 0 Å². The zero-order chi connectivity index (χ0) is 19.0. The number of nitrogens with zero attached hydrogens (tertiary/aromatic N) is 1. The van der Waals surface area contributed by atoms with E-state index in [0.29, 0.717) is 6.54 Å². The van der Waals surface area contributed by atoms with Crippen molar-refractivity contribution in [2.45, 2.75) is 46.6 Å². The van der Waals surface area contributed by atoms with Gasteiger partial charge >= 0.3 is 0 Å². The lowest BCUT2D eigenvalue weighted by atomic mass is 9.90. The van der Waals surface area contributed by atoms with Crippen molar-refractivity contribution in [1.29, 1.82) is 0 Å². The molecule has 0 fully saturated rings. The Morgan fingerprint density at radius 2 is 2.00 bits per heavy atom. The van der Waals surface area contributed by atoms with E-state index >= 15 is 0 Å². The fourth-order valence-electron chi connectivity index (χ4n) is 3.73. The van der Waals surface area contributed by atoms with Crippen molar-refractivity contribution in [3.8, 4) is 0 Å². The maximum absolute atomic E-state index is 12.9. The van der Waals surface area contributed by atoms with Crippen LogP contribution in [0.2, 0.25) is 0 Å². The number of aryl methyl sites for hydroxylation is 1. The van der Waals surface area contributed by atoms with Gasteiger partial charge in [0.1, 0.15) is 0 Å². The van der Waals surface area contributed by atoms with E-state index in [0.717, 1.165) is 35.0 Å². The summed E-state index contributed by atoms with van der Waals surface area (Å²) in [6, 6.07) is 7.32. The molecule has 26 heavy (non-hydrogen) atoms. The number of H-pyrrole nitrogens is 1. The van der Waals surface area contributed by atoms with Crippen molar-refractivity contribution < 1.29 is 14.7 Å². The molecule has 0 saturated heterocycles. The molecular formula is C21H26N2O3. The Hall–Kier alpha value is -2.56. The van der Waals surface area contributed by atoms with Crippen LogP contribution >= 0.6 is 0 Å². The fourth-order valence-corrected chi connectivity index (χ4v) is 3.73. The van der Waals surface area contributed by atoms with Crippen LogP contribution < -0.4 is 0 Å². The molecule has 1 aliphatic rings. The van der Waals surface area contributed by atoms with E-state index in [2.05, 4.69) is 11.9 Å². The number of hydrogen-bond donors (Lipinski definition) is 2. The number of unbranched alkanes of at least 4 members (excludes halogenated alkanes) is 1. The zero-order valence-corrected chi connectivity index (χ0v) is 15.8. The highest BCUT2D eigenvalue weighted by Crippen LogP contribution is 2.43. The van der Waals surface area contributed by atoms with E-state index in [1.807, 2.05) is 31.2 Å². The van der Waals surface area contributed by atoms with Crippen LogP contribution in [0.3, 0.4) is 0 Å². The van der Waals surface area contributed by atoms with Crippen molar-refractivity contribution in [1.82, 2.24) is 9.88 Å². The minimum Gasteiger partial charge on any atom is -0.503 e. The van der Waals surface area contributed by atoms with Crippen LogP contribution in [0, 0.1) is 12.8 Å². The van der Waals surface area contributed by atoms with Crippen LogP contribution in [0.5, 0.6) is 0 Å². The minimum absolute atomic E-state index is 0.176. The number of nitrogens with one attached hydrogen (secondary N) is 1. The monoisotopic (exact) mass is 354 g/mol. The Balaban J connectivity index is 2.22. The second-order valence-corrected chi connectivity index (χ2v) is 7.25. The molecule has 0 spiro atoms. The average molecular weight is 354 g/mol. The minimum atomic E-state index is -0.542. The molecule has 0 radical (unpaired) electrons. The van der Waals surface area contributed by atoms with E-state index in [1.54, 1.807) is 18.7 Å². The van der Waals surface area contributed by atoms with Crippen LogP contribution in [0.1, 0.15) is 50.9 Å². The van der Waals surface area contributed by atoms with Crippen LogP contribution in [0.25, 0.3) is 10.9 Å². The second kappa shape index (κ2) is 6.98. The van der Waals surface area contributed by atoms with Crippen LogP contribution in [0.15, 0.2) is 35.6 Å². The number of aliphatic hydroxyl groups is 1. The van der Waals surface area contributed by atoms with Gasteiger partial charge in [0.05, 0.1) is 11.6 Å². The SMILES string of the molecule is CCCCN1C(=O)C(O)=C(C(=O)C(C)C)C1c1c(C)[nH]c2ccccc12. The Bertz CT molecular complexity index is 892. The molecule has 1 aromatic heterocycles. The van der Waals surface area contributed by atoms with Crippen molar-refractivity contribution in [3.05, 3.63) is 46.9 Å². The average Bonchev–Trinajstić information content (AvgIpc) is 3.06. The number of aromatic amines is 1. The van der Waals surface area contributed by atoms with E-state index in [9.17, 15) is 14.7 Å². The number of fused-ring (bicyclic) bond motifs is 1. The summed E-state index contributed by atoms with van der Waals surface area (Å²) in [5.74, 6) is -1.31. The summed E-state index contributed by atoms with van der Waals surface area (Å²) in [5, 5.41) is 11.5. The van der Waals surface area contributed by atoms with Crippen LogP contribution in [-0.4, -0.2) is 33.2 Å². The first-order valence-corrected chi connectivity index (χ1v) is 9.24. The third-order valence-corrected chi connectivity index (χ3v) is 5.06. The van der Waals surface area contributed by atoms with Crippen molar-refractivity contribution in [2.75, 3.05) is 6.54 Å². The highest BCUT2D eigenvalue weighted by Gasteiger charge is 2.45. The largest absolute Gasteiger partial charge is 0.503 e. The Morgan fingerprint density at radius 1 is 1.31 bits per heavy atom. The number of aromatic nitrogens is 1. The van der Waals surface area contributed by atoms with Gasteiger partial charge in [0.15, 0.2) is 11.5 Å². The summed E-state index contributed by atoms with van der Waals surface area (Å²) in [4.78, 5) is 30.6. The maximum atomic E-state index is 12.9. The highest BCUT2D eigenvalue weighted by molar-refractivity contribution is 6.10. The molecule has 1 amide bonds. The quantitative estimate of drug-likeness (QED) is 0.816. The summed E-state index contributed by atoms with van der Waals surface area (Å²) in [6.07, 6.45) is 1.75. The predicted molar refractivity (Wildman–Crippen MR) is 102 cm³/mol. The van der Waals surface area contributed by atoms with Gasteiger partial charge in [-0.15, -0.1) is 0 Å². The summed E-state index contributed by atoms with van der Waals surface area (Å²) < 4.78 is 0. The van der Waals surface area contributed by atoms with E-state index < -0.39 is 17.7 Å². The number of Topliss-reactive ketones (excluding diaryl/α,β-unsaturated/α-hetero) is 1. The summed E-state index contributed by atoms with van der Waals surface area (Å²) in [7, 11) is 0. The molecule has 138 valence electrons. The van der Waals surface area contributed by atoms with Gasteiger partial charge in [0.25, 0.3) is 5.91 Å². The summed E-state index contributed by atoms with van der Waals surface area (Å²) in [5.41, 5.74) is 3.01. The van der Waals surface area contributed by atoms with Crippen LogP contribution in [-0.2, 0) is 9.59 Å². The molecule has 2 aromatic rings. The molecule has 1 aromatic carbocycles. The molecule has 0 saturated carbocycles. The molecule has 0 bridgehead atoms. The molecule has 2 N–H and O–H groups in total. The predicted octanol–water partition coefficient (Wildman–Crippen LogP) is 4.20. The lowest BCUT2D eigenvalue weighted by Gasteiger charge is -2.27.